The van der Waals surface area contributed by atoms with Gasteiger partial charge >= 0.3 is 0 Å². The molecule has 0 N–H and O–H groups in total. The third kappa shape index (κ3) is 5.46. The summed E-state index contributed by atoms with van der Waals surface area (Å²) in [6.07, 6.45) is 0. The average molecular weight is 828 g/mol. The van der Waals surface area contributed by atoms with Crippen LogP contribution >= 0.6 is 0 Å². The first-order valence-electron chi connectivity index (χ1n) is 22.8. The van der Waals surface area contributed by atoms with Crippen LogP contribution in [0.15, 0.2) is 237 Å². The molecule has 1 heteroatoms. The molecule has 1 atom stereocenters. The largest absolute Gasteiger partial charge is 0.310 e. The third-order valence-corrected chi connectivity index (χ3v) is 14.7. The van der Waals surface area contributed by atoms with Crippen molar-refractivity contribution in [3.63, 3.8) is 0 Å². The summed E-state index contributed by atoms with van der Waals surface area (Å²) in [6.45, 7) is 4.74. The lowest BCUT2D eigenvalue weighted by molar-refractivity contribution is 0.660. The summed E-state index contributed by atoms with van der Waals surface area (Å²) in [5.41, 5.74) is 26.1. The summed E-state index contributed by atoms with van der Waals surface area (Å²) in [5, 5.41) is 0. The first-order valence-corrected chi connectivity index (χ1v) is 22.8. The van der Waals surface area contributed by atoms with Crippen LogP contribution < -0.4 is 4.90 Å². The van der Waals surface area contributed by atoms with Crippen molar-refractivity contribution in [3.05, 3.63) is 270 Å². The van der Waals surface area contributed by atoms with E-state index in [0.717, 1.165) is 17.1 Å². The van der Waals surface area contributed by atoms with Gasteiger partial charge in [0, 0.05) is 22.4 Å². The minimum Gasteiger partial charge on any atom is -0.310 e. The maximum Gasteiger partial charge on any atom is 0.0725 e. The van der Waals surface area contributed by atoms with E-state index in [2.05, 4.69) is 255 Å². The maximum atomic E-state index is 2.47. The van der Waals surface area contributed by atoms with Crippen molar-refractivity contribution in [2.45, 2.75) is 24.7 Å². The molecule has 0 aromatic heterocycles. The summed E-state index contributed by atoms with van der Waals surface area (Å²) >= 11 is 0. The molecule has 1 spiro atoms. The number of para-hydroxylation sites is 1. The van der Waals surface area contributed by atoms with Gasteiger partial charge in [0.25, 0.3) is 0 Å². The molecule has 0 radical (unpaired) electrons. The van der Waals surface area contributed by atoms with Gasteiger partial charge in [-0.1, -0.05) is 208 Å². The topological polar surface area (TPSA) is 3.24 Å². The molecule has 0 saturated heterocycles. The quantitative estimate of drug-likeness (QED) is 0.161. The number of nitrogens with zero attached hydrogens (tertiary/aromatic N) is 1. The number of hydrogen-bond acceptors (Lipinski definition) is 1. The average Bonchev–Trinajstić information content (AvgIpc) is 3.92. The van der Waals surface area contributed by atoms with Crippen molar-refractivity contribution in [3.8, 4) is 66.8 Å². The minimum atomic E-state index is -0.442. The molecule has 306 valence electrons. The Morgan fingerprint density at radius 2 is 0.708 bits per heavy atom. The highest BCUT2D eigenvalue weighted by atomic mass is 15.1. The molecular formula is C64H45N. The second-order valence-electron chi connectivity index (χ2n) is 18.4. The van der Waals surface area contributed by atoms with Crippen LogP contribution in [-0.4, -0.2) is 0 Å². The maximum absolute atomic E-state index is 2.47. The van der Waals surface area contributed by atoms with Crippen molar-refractivity contribution in [2.24, 2.45) is 0 Å². The lowest BCUT2D eigenvalue weighted by atomic mass is 9.70. The fourth-order valence-electron chi connectivity index (χ4n) is 11.7. The monoisotopic (exact) mass is 827 g/mol. The lowest BCUT2D eigenvalue weighted by Crippen LogP contribution is -2.25. The standard InChI is InChI=1S/C64H45N/c1-63(2)56-25-13-9-22-50(56)53-37-35-48(41-60(53)63)65(47-33-29-44(30-34-47)42-17-5-3-6-18-42)62-28-16-12-21-49(62)46-32-38-59-55(39-46)52-24-11-15-27-58(52)64(59)57-26-14-10-23-51(57)54-36-31-45(40-61(54)64)43-19-7-4-8-20-43/h3-41H,1-2H3. The number of benzene rings is 10. The molecule has 0 saturated carbocycles. The zero-order valence-electron chi connectivity index (χ0n) is 36.5. The number of hydrogen-bond donors (Lipinski definition) is 0. The molecule has 0 bridgehead atoms. The van der Waals surface area contributed by atoms with Crippen LogP contribution in [-0.2, 0) is 10.8 Å². The van der Waals surface area contributed by atoms with E-state index in [4.69, 9.17) is 0 Å². The SMILES string of the molecule is CC1(C)c2ccccc2-c2ccc(N(c3ccc(-c4ccccc4)cc3)c3ccccc3-c3ccc4c(c3)-c3ccccc3C43c4ccccc4-c4ccc(-c5ccccc5)cc43)cc21. The van der Waals surface area contributed by atoms with Crippen LogP contribution in [0, 0.1) is 0 Å². The van der Waals surface area contributed by atoms with E-state index < -0.39 is 5.41 Å². The van der Waals surface area contributed by atoms with Gasteiger partial charge in [0.1, 0.15) is 0 Å². The van der Waals surface area contributed by atoms with Crippen LogP contribution in [0.1, 0.15) is 47.2 Å². The molecule has 1 nitrogen and oxygen atoms in total. The van der Waals surface area contributed by atoms with E-state index in [1.807, 2.05) is 0 Å². The van der Waals surface area contributed by atoms with Gasteiger partial charge in [0.05, 0.1) is 11.1 Å². The molecule has 13 rings (SSSR count). The second kappa shape index (κ2) is 14.3. The Hall–Kier alpha value is -8.00. The highest BCUT2D eigenvalue weighted by Gasteiger charge is 2.51. The summed E-state index contributed by atoms with van der Waals surface area (Å²) in [7, 11) is 0. The fraction of sp³-hybridized carbons (Fsp3) is 0.0625. The van der Waals surface area contributed by atoms with Gasteiger partial charge in [0.2, 0.25) is 0 Å². The molecule has 3 aliphatic carbocycles. The normalized spacial score (nSPS) is 15.4. The van der Waals surface area contributed by atoms with Crippen molar-refractivity contribution >= 4 is 17.1 Å². The molecule has 10 aromatic rings. The lowest BCUT2D eigenvalue weighted by Gasteiger charge is -2.31. The second-order valence-corrected chi connectivity index (χ2v) is 18.4. The highest BCUT2D eigenvalue weighted by Crippen LogP contribution is 2.63. The Morgan fingerprint density at radius 1 is 0.262 bits per heavy atom. The van der Waals surface area contributed by atoms with Crippen LogP contribution in [0.2, 0.25) is 0 Å². The van der Waals surface area contributed by atoms with Crippen LogP contribution in [0.4, 0.5) is 17.1 Å². The highest BCUT2D eigenvalue weighted by molar-refractivity contribution is 5.98. The van der Waals surface area contributed by atoms with Gasteiger partial charge in [-0.3, -0.25) is 0 Å². The summed E-state index contributed by atoms with van der Waals surface area (Å²) in [4.78, 5) is 2.47. The van der Waals surface area contributed by atoms with Crippen LogP contribution in [0.3, 0.4) is 0 Å². The summed E-state index contributed by atoms with van der Waals surface area (Å²) in [6, 6.07) is 88.2. The van der Waals surface area contributed by atoms with Crippen molar-refractivity contribution in [1.82, 2.24) is 0 Å². The molecule has 3 aliphatic rings. The fourth-order valence-corrected chi connectivity index (χ4v) is 11.7. The molecule has 0 fully saturated rings. The van der Waals surface area contributed by atoms with E-state index >= 15 is 0 Å². The Kier molecular flexibility index (Phi) is 8.24. The molecule has 0 aliphatic heterocycles. The molecular weight excluding hydrogens is 783 g/mol. The first-order chi connectivity index (χ1) is 32.0. The van der Waals surface area contributed by atoms with Gasteiger partial charge in [0.15, 0.2) is 0 Å². The Labute approximate surface area is 381 Å². The Balaban J connectivity index is 1.00. The molecule has 10 aromatic carbocycles. The van der Waals surface area contributed by atoms with Crippen LogP contribution in [0.5, 0.6) is 0 Å². The smallest absolute Gasteiger partial charge is 0.0725 e. The van der Waals surface area contributed by atoms with E-state index in [-0.39, 0.29) is 5.41 Å². The molecule has 65 heavy (non-hydrogen) atoms. The van der Waals surface area contributed by atoms with Gasteiger partial charge in [-0.05, 0) is 137 Å². The van der Waals surface area contributed by atoms with E-state index in [1.54, 1.807) is 0 Å². The predicted octanol–water partition coefficient (Wildman–Crippen LogP) is 16.8. The van der Waals surface area contributed by atoms with Gasteiger partial charge in [-0.2, -0.15) is 0 Å². The van der Waals surface area contributed by atoms with Crippen molar-refractivity contribution in [1.29, 1.82) is 0 Å². The van der Waals surface area contributed by atoms with E-state index in [9.17, 15) is 0 Å². The zero-order chi connectivity index (χ0) is 43.3. The Bertz CT molecular complexity index is 3510. The van der Waals surface area contributed by atoms with E-state index in [0.29, 0.717) is 0 Å². The summed E-state index contributed by atoms with van der Waals surface area (Å²) in [5.74, 6) is 0. The number of rotatable bonds is 6. The molecule has 0 heterocycles. The van der Waals surface area contributed by atoms with Crippen LogP contribution in [0.25, 0.3) is 66.8 Å². The minimum absolute atomic E-state index is 0.132. The first kappa shape index (κ1) is 37.5. The molecule has 0 amide bonds. The van der Waals surface area contributed by atoms with Crippen molar-refractivity contribution < 1.29 is 0 Å². The van der Waals surface area contributed by atoms with Gasteiger partial charge in [-0.25, -0.2) is 0 Å². The van der Waals surface area contributed by atoms with Gasteiger partial charge in [-0.15, -0.1) is 0 Å². The van der Waals surface area contributed by atoms with Gasteiger partial charge < -0.3 is 4.90 Å². The predicted molar refractivity (Wildman–Crippen MR) is 271 cm³/mol. The van der Waals surface area contributed by atoms with Crippen molar-refractivity contribution in [2.75, 3.05) is 4.90 Å². The van der Waals surface area contributed by atoms with E-state index in [1.165, 1.54) is 100 Å². The number of anilines is 3. The molecule has 1 unspecified atom stereocenters. The third-order valence-electron chi connectivity index (χ3n) is 14.7. The number of fused-ring (bicyclic) bond motifs is 13. The zero-order valence-corrected chi connectivity index (χ0v) is 36.5. The summed E-state index contributed by atoms with van der Waals surface area (Å²) < 4.78 is 0. The Morgan fingerprint density at radius 3 is 1.40 bits per heavy atom.